The fraction of sp³-hybridized carbons (Fsp3) is 0.333. The van der Waals surface area contributed by atoms with E-state index in [2.05, 4.69) is 6.58 Å². The lowest BCUT2D eigenvalue weighted by Crippen LogP contribution is -2.14. The van der Waals surface area contributed by atoms with Gasteiger partial charge >= 0.3 is 0 Å². The standard InChI is InChI=1S/C10H15N3.C2H6/c1-4-6-9(11)8(5-2)7(3)10(12)13;1-2/h4-6,11H,2H2,1,3H3,(H3,12,13);1-2H3/b6-4-,8-7-,11-9?;. The van der Waals surface area contributed by atoms with Crippen LogP contribution >= 0.6 is 0 Å². The van der Waals surface area contributed by atoms with Gasteiger partial charge in [-0.15, -0.1) is 0 Å². The van der Waals surface area contributed by atoms with Gasteiger partial charge in [0.1, 0.15) is 5.84 Å². The fourth-order valence-corrected chi connectivity index (χ4v) is 0.867. The second kappa shape index (κ2) is 8.94. The average Bonchev–Trinajstić information content (AvgIpc) is 2.22. The van der Waals surface area contributed by atoms with Crippen LogP contribution in [0.3, 0.4) is 0 Å². The summed E-state index contributed by atoms with van der Waals surface area (Å²) in [6, 6.07) is 0. The van der Waals surface area contributed by atoms with E-state index in [1.807, 2.05) is 20.8 Å². The zero-order valence-electron chi connectivity index (χ0n) is 10.0. The third-order valence-corrected chi connectivity index (χ3v) is 1.64. The van der Waals surface area contributed by atoms with E-state index >= 15 is 0 Å². The minimum Gasteiger partial charge on any atom is -0.384 e. The highest BCUT2D eigenvalue weighted by molar-refractivity contribution is 6.13. The lowest BCUT2D eigenvalue weighted by molar-refractivity contribution is 1.37. The molecule has 0 amide bonds. The van der Waals surface area contributed by atoms with Crippen LogP contribution in [-0.2, 0) is 0 Å². The van der Waals surface area contributed by atoms with Crippen molar-refractivity contribution in [3.05, 3.63) is 36.0 Å². The molecule has 0 heterocycles. The van der Waals surface area contributed by atoms with Crippen molar-refractivity contribution in [3.8, 4) is 0 Å². The van der Waals surface area contributed by atoms with Crippen LogP contribution in [0.4, 0.5) is 0 Å². The fourth-order valence-electron chi connectivity index (χ4n) is 0.867. The van der Waals surface area contributed by atoms with Crippen molar-refractivity contribution in [1.82, 2.24) is 0 Å². The summed E-state index contributed by atoms with van der Waals surface area (Å²) in [6.07, 6.45) is 4.95. The number of hydrogen-bond acceptors (Lipinski definition) is 2. The Labute approximate surface area is 92.4 Å². The normalized spacial score (nSPS) is 11.2. The first kappa shape index (κ1) is 15.8. The number of allylic oxidation sites excluding steroid dienone is 4. The first-order chi connectivity index (χ1) is 7.04. The van der Waals surface area contributed by atoms with Crippen molar-refractivity contribution in [2.75, 3.05) is 0 Å². The zero-order valence-corrected chi connectivity index (χ0v) is 10.0. The Balaban J connectivity index is 0. The molecule has 0 unspecified atom stereocenters. The van der Waals surface area contributed by atoms with Gasteiger partial charge in [0.2, 0.25) is 0 Å². The molecule has 0 atom stereocenters. The van der Waals surface area contributed by atoms with Gasteiger partial charge in [-0.05, 0) is 25.5 Å². The van der Waals surface area contributed by atoms with Gasteiger partial charge in [0.25, 0.3) is 0 Å². The Hall–Kier alpha value is -1.64. The van der Waals surface area contributed by atoms with Gasteiger partial charge in [-0.3, -0.25) is 5.41 Å². The number of hydrogen-bond donors (Lipinski definition) is 3. The molecule has 4 N–H and O–H groups in total. The van der Waals surface area contributed by atoms with Crippen LogP contribution < -0.4 is 5.73 Å². The van der Waals surface area contributed by atoms with Crippen LogP contribution in [0.5, 0.6) is 0 Å². The second-order valence-electron chi connectivity index (χ2n) is 2.57. The van der Waals surface area contributed by atoms with Crippen molar-refractivity contribution in [2.45, 2.75) is 27.7 Å². The van der Waals surface area contributed by atoms with E-state index in [9.17, 15) is 0 Å². The summed E-state index contributed by atoms with van der Waals surface area (Å²) in [7, 11) is 0. The number of nitrogens with two attached hydrogens (primary N) is 1. The predicted octanol–water partition coefficient (Wildman–Crippen LogP) is 3.05. The zero-order chi connectivity index (χ0) is 12.4. The molecule has 0 bridgehead atoms. The Morgan fingerprint density at radius 1 is 1.27 bits per heavy atom. The molecule has 84 valence electrons. The van der Waals surface area contributed by atoms with Crippen LogP contribution in [0.1, 0.15) is 27.7 Å². The minimum atomic E-state index is -0.0239. The van der Waals surface area contributed by atoms with Crippen LogP contribution in [0.2, 0.25) is 0 Å². The predicted molar refractivity (Wildman–Crippen MR) is 68.7 cm³/mol. The molecule has 0 aliphatic rings. The summed E-state index contributed by atoms with van der Waals surface area (Å²) in [6.45, 7) is 11.1. The van der Waals surface area contributed by atoms with Crippen LogP contribution in [0.25, 0.3) is 0 Å². The summed E-state index contributed by atoms with van der Waals surface area (Å²) in [5.74, 6) is -0.0239. The lowest BCUT2D eigenvalue weighted by atomic mass is 10.0. The number of amidine groups is 1. The summed E-state index contributed by atoms with van der Waals surface area (Å²) < 4.78 is 0. The highest BCUT2D eigenvalue weighted by atomic mass is 14.7. The van der Waals surface area contributed by atoms with Gasteiger partial charge in [-0.2, -0.15) is 0 Å². The molecule has 0 aromatic heterocycles. The Morgan fingerprint density at radius 3 is 2.00 bits per heavy atom. The molecule has 0 fully saturated rings. The summed E-state index contributed by atoms with van der Waals surface area (Å²) in [4.78, 5) is 0. The molecule has 0 radical (unpaired) electrons. The molecule has 3 nitrogen and oxygen atoms in total. The molecule has 15 heavy (non-hydrogen) atoms. The van der Waals surface area contributed by atoms with Crippen LogP contribution in [-0.4, -0.2) is 11.5 Å². The largest absolute Gasteiger partial charge is 0.384 e. The summed E-state index contributed by atoms with van der Waals surface area (Å²) in [5, 5.41) is 14.8. The maximum atomic E-state index is 7.60. The van der Waals surface area contributed by atoms with Crippen LogP contribution in [0, 0.1) is 10.8 Å². The van der Waals surface area contributed by atoms with E-state index in [4.69, 9.17) is 16.6 Å². The van der Waals surface area contributed by atoms with E-state index in [0.717, 1.165) is 0 Å². The van der Waals surface area contributed by atoms with Gasteiger partial charge in [0.05, 0.1) is 5.71 Å². The molecule has 0 aromatic rings. The Bertz CT molecular complexity index is 296. The highest BCUT2D eigenvalue weighted by Gasteiger charge is 2.04. The monoisotopic (exact) mass is 207 g/mol. The molecule has 0 saturated heterocycles. The van der Waals surface area contributed by atoms with Crippen LogP contribution in [0.15, 0.2) is 36.0 Å². The molecule has 3 heteroatoms. The Kier molecular flexibility index (Phi) is 9.42. The van der Waals surface area contributed by atoms with E-state index in [1.165, 1.54) is 0 Å². The molecule has 0 aliphatic heterocycles. The third-order valence-electron chi connectivity index (χ3n) is 1.64. The minimum absolute atomic E-state index is 0.0239. The van der Waals surface area contributed by atoms with Crippen molar-refractivity contribution in [2.24, 2.45) is 5.73 Å². The SMILES string of the molecule is C=C/C(C(=N)/C=C\C)=C(\C)C(=N)N.CC. The van der Waals surface area contributed by atoms with Gasteiger partial charge in [-0.1, -0.05) is 32.6 Å². The van der Waals surface area contributed by atoms with Crippen molar-refractivity contribution in [3.63, 3.8) is 0 Å². The van der Waals surface area contributed by atoms with E-state index < -0.39 is 0 Å². The number of rotatable bonds is 4. The van der Waals surface area contributed by atoms with Crippen molar-refractivity contribution >= 4 is 11.5 Å². The van der Waals surface area contributed by atoms with Crippen molar-refractivity contribution in [1.29, 1.82) is 10.8 Å². The van der Waals surface area contributed by atoms with Crippen molar-refractivity contribution < 1.29 is 0 Å². The second-order valence-corrected chi connectivity index (χ2v) is 2.57. The molecule has 0 aliphatic carbocycles. The third kappa shape index (κ3) is 5.62. The molecule has 0 aromatic carbocycles. The van der Waals surface area contributed by atoms with E-state index in [-0.39, 0.29) is 5.84 Å². The number of nitrogens with one attached hydrogen (secondary N) is 2. The molecular formula is C12H21N3. The molecule has 0 spiro atoms. The quantitative estimate of drug-likeness (QED) is 0.370. The van der Waals surface area contributed by atoms with Gasteiger partial charge in [0.15, 0.2) is 0 Å². The maximum Gasteiger partial charge on any atom is 0.119 e. The average molecular weight is 207 g/mol. The molecular weight excluding hydrogens is 186 g/mol. The smallest absolute Gasteiger partial charge is 0.119 e. The summed E-state index contributed by atoms with van der Waals surface area (Å²) in [5.41, 5.74) is 6.81. The maximum absolute atomic E-state index is 7.60. The molecule has 0 rings (SSSR count). The summed E-state index contributed by atoms with van der Waals surface area (Å²) >= 11 is 0. The first-order valence-corrected chi connectivity index (χ1v) is 4.93. The van der Waals surface area contributed by atoms with Gasteiger partial charge < -0.3 is 11.1 Å². The van der Waals surface area contributed by atoms with E-state index in [1.54, 1.807) is 25.2 Å². The van der Waals surface area contributed by atoms with Gasteiger partial charge in [-0.25, -0.2) is 0 Å². The topological polar surface area (TPSA) is 73.7 Å². The van der Waals surface area contributed by atoms with Gasteiger partial charge in [0, 0.05) is 5.57 Å². The Morgan fingerprint density at radius 2 is 1.73 bits per heavy atom. The van der Waals surface area contributed by atoms with E-state index in [0.29, 0.717) is 16.9 Å². The molecule has 0 saturated carbocycles. The highest BCUT2D eigenvalue weighted by Crippen LogP contribution is 2.07. The lowest BCUT2D eigenvalue weighted by Gasteiger charge is -2.04. The first-order valence-electron chi connectivity index (χ1n) is 4.93.